The molecule has 1 aliphatic heterocycles. The van der Waals surface area contributed by atoms with Gasteiger partial charge in [-0.1, -0.05) is 0 Å². The Morgan fingerprint density at radius 2 is 1.82 bits per heavy atom. The number of hydrogen-bond acceptors (Lipinski definition) is 2. The fraction of sp³-hybridized carbons (Fsp3) is 0.875. The summed E-state index contributed by atoms with van der Waals surface area (Å²) in [4.78, 5) is 12.8. The normalized spacial score (nSPS) is 32.1. The molecule has 1 saturated heterocycles. The van der Waals surface area contributed by atoms with E-state index in [4.69, 9.17) is 4.74 Å². The maximum Gasteiger partial charge on any atom is 0.219 e. The third-order valence-corrected chi connectivity index (χ3v) is 1.86. The summed E-state index contributed by atoms with van der Waals surface area (Å²) in [5, 5.41) is 0. The van der Waals surface area contributed by atoms with Gasteiger partial charge in [0.2, 0.25) is 5.91 Å². The van der Waals surface area contributed by atoms with Crippen LogP contribution >= 0.6 is 0 Å². The van der Waals surface area contributed by atoms with Crippen LogP contribution in [-0.4, -0.2) is 36.1 Å². The van der Waals surface area contributed by atoms with Crippen molar-refractivity contribution in [2.75, 3.05) is 13.1 Å². The maximum absolute atomic E-state index is 11.0. The van der Waals surface area contributed by atoms with E-state index in [1.807, 2.05) is 18.7 Å². The highest BCUT2D eigenvalue weighted by molar-refractivity contribution is 5.73. The van der Waals surface area contributed by atoms with Gasteiger partial charge in [0, 0.05) is 20.0 Å². The van der Waals surface area contributed by atoms with E-state index >= 15 is 0 Å². The van der Waals surface area contributed by atoms with Crippen molar-refractivity contribution in [3.8, 4) is 0 Å². The molecule has 1 amide bonds. The molecule has 0 bridgehead atoms. The summed E-state index contributed by atoms with van der Waals surface area (Å²) in [6.07, 6.45) is 0.366. The summed E-state index contributed by atoms with van der Waals surface area (Å²) in [7, 11) is 0. The molecule has 3 nitrogen and oxygen atoms in total. The van der Waals surface area contributed by atoms with Crippen LogP contribution in [0.1, 0.15) is 20.8 Å². The van der Waals surface area contributed by atoms with Crippen LogP contribution in [0, 0.1) is 0 Å². The van der Waals surface area contributed by atoms with E-state index < -0.39 is 0 Å². The van der Waals surface area contributed by atoms with Crippen molar-refractivity contribution in [1.82, 2.24) is 4.90 Å². The van der Waals surface area contributed by atoms with Crippen molar-refractivity contribution in [2.45, 2.75) is 33.0 Å². The molecule has 0 N–H and O–H groups in total. The van der Waals surface area contributed by atoms with Crippen molar-refractivity contribution in [3.63, 3.8) is 0 Å². The molecule has 64 valence electrons. The summed E-state index contributed by atoms with van der Waals surface area (Å²) in [6.45, 7) is 7.06. The van der Waals surface area contributed by atoms with Gasteiger partial charge in [-0.3, -0.25) is 4.79 Å². The second-order valence-electron chi connectivity index (χ2n) is 3.18. The zero-order valence-electron chi connectivity index (χ0n) is 7.33. The molecule has 0 spiro atoms. The van der Waals surface area contributed by atoms with Gasteiger partial charge in [-0.2, -0.15) is 0 Å². The maximum atomic E-state index is 11.0. The summed E-state index contributed by atoms with van der Waals surface area (Å²) >= 11 is 0. The van der Waals surface area contributed by atoms with Gasteiger partial charge in [0.15, 0.2) is 0 Å². The van der Waals surface area contributed by atoms with Crippen LogP contribution in [-0.2, 0) is 9.53 Å². The Labute approximate surface area is 67.3 Å². The molecule has 1 rings (SSSR count). The number of carbonyl (C=O) groups excluding carboxylic acids is 1. The van der Waals surface area contributed by atoms with Crippen LogP contribution < -0.4 is 0 Å². The summed E-state index contributed by atoms with van der Waals surface area (Å²) in [5.41, 5.74) is 0. The predicted molar refractivity (Wildman–Crippen MR) is 42.3 cm³/mol. The predicted octanol–water partition coefficient (Wildman–Crippen LogP) is 0.642. The molecule has 3 heteroatoms. The molecule has 1 aliphatic rings. The average Bonchev–Trinajstić information content (AvgIpc) is 1.85. The fourth-order valence-corrected chi connectivity index (χ4v) is 1.44. The molecular formula is C8H15NO2. The quantitative estimate of drug-likeness (QED) is 0.516. The van der Waals surface area contributed by atoms with E-state index in [9.17, 15) is 4.79 Å². The van der Waals surface area contributed by atoms with E-state index in [0.29, 0.717) is 0 Å². The smallest absolute Gasteiger partial charge is 0.219 e. The number of rotatable bonds is 0. The molecule has 0 aliphatic carbocycles. The molecule has 2 atom stereocenters. The molecule has 1 heterocycles. The highest BCUT2D eigenvalue weighted by Gasteiger charge is 2.23. The Bertz CT molecular complexity index is 148. The van der Waals surface area contributed by atoms with Gasteiger partial charge in [0.25, 0.3) is 0 Å². The lowest BCUT2D eigenvalue weighted by Crippen LogP contribution is -2.47. The lowest BCUT2D eigenvalue weighted by Gasteiger charge is -2.34. The molecule has 0 aromatic heterocycles. The first-order valence-electron chi connectivity index (χ1n) is 4.00. The Kier molecular flexibility index (Phi) is 2.49. The van der Waals surface area contributed by atoms with Crippen LogP contribution in [0.3, 0.4) is 0 Å². The lowest BCUT2D eigenvalue weighted by molar-refractivity contribution is -0.140. The number of carbonyl (C=O) groups is 1. The molecule has 1 fully saturated rings. The Balaban J connectivity index is 2.49. The molecule has 0 aromatic carbocycles. The van der Waals surface area contributed by atoms with Crippen LogP contribution in [0.25, 0.3) is 0 Å². The Morgan fingerprint density at radius 3 is 2.18 bits per heavy atom. The first kappa shape index (κ1) is 8.53. The fourth-order valence-electron chi connectivity index (χ4n) is 1.44. The number of nitrogens with zero attached hydrogens (tertiary/aromatic N) is 1. The number of ether oxygens (including phenoxy) is 1. The highest BCUT2D eigenvalue weighted by atomic mass is 16.5. The highest BCUT2D eigenvalue weighted by Crippen LogP contribution is 2.09. The van der Waals surface area contributed by atoms with Gasteiger partial charge in [0.05, 0.1) is 12.2 Å². The molecule has 0 aromatic rings. The van der Waals surface area contributed by atoms with Crippen molar-refractivity contribution >= 4 is 5.91 Å². The van der Waals surface area contributed by atoms with Crippen molar-refractivity contribution < 1.29 is 9.53 Å². The number of hydrogen-bond donors (Lipinski definition) is 0. The SMILES string of the molecule is CC(=O)N1C[C@H](C)O[C@@H](C)C1. The summed E-state index contributed by atoms with van der Waals surface area (Å²) in [5.74, 6) is 0.145. The van der Waals surface area contributed by atoms with E-state index in [0.717, 1.165) is 13.1 Å². The van der Waals surface area contributed by atoms with Crippen molar-refractivity contribution in [3.05, 3.63) is 0 Å². The minimum atomic E-state index is 0.145. The third kappa shape index (κ3) is 2.19. The van der Waals surface area contributed by atoms with Gasteiger partial charge in [-0.25, -0.2) is 0 Å². The zero-order valence-corrected chi connectivity index (χ0v) is 7.33. The topological polar surface area (TPSA) is 29.5 Å². The largest absolute Gasteiger partial charge is 0.372 e. The lowest BCUT2D eigenvalue weighted by atomic mass is 10.2. The first-order valence-corrected chi connectivity index (χ1v) is 4.00. The molecule has 0 saturated carbocycles. The molecular weight excluding hydrogens is 142 g/mol. The van der Waals surface area contributed by atoms with E-state index in [-0.39, 0.29) is 18.1 Å². The third-order valence-electron chi connectivity index (χ3n) is 1.86. The summed E-state index contributed by atoms with van der Waals surface area (Å²) < 4.78 is 5.47. The minimum Gasteiger partial charge on any atom is -0.372 e. The van der Waals surface area contributed by atoms with Crippen molar-refractivity contribution in [2.24, 2.45) is 0 Å². The van der Waals surface area contributed by atoms with Gasteiger partial charge < -0.3 is 9.64 Å². The minimum absolute atomic E-state index is 0.145. The van der Waals surface area contributed by atoms with Crippen LogP contribution in [0.5, 0.6) is 0 Å². The number of morpholine rings is 1. The zero-order chi connectivity index (χ0) is 8.43. The van der Waals surface area contributed by atoms with Crippen LogP contribution in [0.15, 0.2) is 0 Å². The number of amides is 1. The summed E-state index contributed by atoms with van der Waals surface area (Å²) in [6, 6.07) is 0. The van der Waals surface area contributed by atoms with Gasteiger partial charge in [0.1, 0.15) is 0 Å². The van der Waals surface area contributed by atoms with E-state index in [1.54, 1.807) is 6.92 Å². The second-order valence-corrected chi connectivity index (χ2v) is 3.18. The second kappa shape index (κ2) is 3.22. The Morgan fingerprint density at radius 1 is 1.36 bits per heavy atom. The van der Waals surface area contributed by atoms with Crippen LogP contribution in [0.4, 0.5) is 0 Å². The molecule has 0 unspecified atom stereocenters. The monoisotopic (exact) mass is 157 g/mol. The Hall–Kier alpha value is -0.570. The first-order chi connectivity index (χ1) is 5.09. The van der Waals surface area contributed by atoms with Crippen LogP contribution in [0.2, 0.25) is 0 Å². The molecule has 0 radical (unpaired) electrons. The van der Waals surface area contributed by atoms with Gasteiger partial charge in [-0.15, -0.1) is 0 Å². The van der Waals surface area contributed by atoms with E-state index in [1.165, 1.54) is 0 Å². The molecule has 11 heavy (non-hydrogen) atoms. The van der Waals surface area contributed by atoms with Gasteiger partial charge >= 0.3 is 0 Å². The van der Waals surface area contributed by atoms with Crippen molar-refractivity contribution in [1.29, 1.82) is 0 Å². The standard InChI is InChI=1S/C8H15NO2/c1-6-4-9(8(3)10)5-7(2)11-6/h6-7H,4-5H2,1-3H3/t6-,7-/m0/s1. The average molecular weight is 157 g/mol. The van der Waals surface area contributed by atoms with Gasteiger partial charge in [-0.05, 0) is 13.8 Å². The van der Waals surface area contributed by atoms with E-state index in [2.05, 4.69) is 0 Å².